The molecule has 1 heterocycles. The number of pyridine rings is 1. The summed E-state index contributed by atoms with van der Waals surface area (Å²) in [6.07, 6.45) is 3.75. The molecule has 2 amide bonds. The monoisotopic (exact) mass is 217 g/mol. The third kappa shape index (κ3) is 3.06. The largest absolute Gasteiger partial charge is 0.319 e. The van der Waals surface area contributed by atoms with Crippen molar-refractivity contribution >= 4 is 23.3 Å². The van der Waals surface area contributed by atoms with Gasteiger partial charge in [0.1, 0.15) is 0 Å². The number of amides is 2. The number of hydrogen-bond donors (Lipinski definition) is 2. The van der Waals surface area contributed by atoms with Crippen LogP contribution in [-0.4, -0.2) is 16.8 Å². The quantitative estimate of drug-likeness (QED) is 0.747. The lowest BCUT2D eigenvalue weighted by atomic mass is 10.3. The molecule has 0 fully saturated rings. The molecular weight excluding hydrogens is 206 g/mol. The number of carbonyl (C=O) groups is 2. The summed E-state index contributed by atoms with van der Waals surface area (Å²) in [6.45, 7) is 6.65. The molecule has 5 nitrogen and oxygen atoms in total. The molecule has 1 rings (SSSR count). The van der Waals surface area contributed by atoms with Gasteiger partial charge in [-0.1, -0.05) is 13.2 Å². The first kappa shape index (κ1) is 11.6. The number of hydrogen-bond acceptors (Lipinski definition) is 3. The van der Waals surface area contributed by atoms with E-state index in [-0.39, 0.29) is 11.7 Å². The average molecular weight is 217 g/mol. The Bertz CT molecular complexity index is 400. The number of nitrogens with one attached hydrogen (secondary N) is 2. The third-order valence-electron chi connectivity index (χ3n) is 1.68. The van der Waals surface area contributed by atoms with Crippen LogP contribution in [0.5, 0.6) is 0 Å². The van der Waals surface area contributed by atoms with Gasteiger partial charge in [0.15, 0.2) is 5.82 Å². The van der Waals surface area contributed by atoms with Gasteiger partial charge >= 0.3 is 0 Å². The van der Waals surface area contributed by atoms with E-state index in [9.17, 15) is 9.59 Å². The van der Waals surface area contributed by atoms with E-state index < -0.39 is 5.91 Å². The van der Waals surface area contributed by atoms with E-state index in [0.29, 0.717) is 5.69 Å². The Hall–Kier alpha value is -2.43. The zero-order chi connectivity index (χ0) is 12.0. The average Bonchev–Trinajstić information content (AvgIpc) is 2.31. The van der Waals surface area contributed by atoms with E-state index in [2.05, 4.69) is 28.8 Å². The van der Waals surface area contributed by atoms with E-state index >= 15 is 0 Å². The van der Waals surface area contributed by atoms with Gasteiger partial charge < -0.3 is 10.6 Å². The molecule has 0 saturated heterocycles. The standard InChI is InChI=1S/C11H11N3O2/c1-3-9(15)13-8-6-5-7-12-11(8)14-10(16)4-2/h3-7H,1-2H2,(H,13,15)(H,12,14,16). The number of anilines is 2. The second-order valence-corrected chi connectivity index (χ2v) is 2.79. The predicted octanol–water partition coefficient (Wildman–Crippen LogP) is 1.33. The summed E-state index contributed by atoms with van der Waals surface area (Å²) in [6, 6.07) is 3.26. The summed E-state index contributed by atoms with van der Waals surface area (Å²) >= 11 is 0. The molecule has 82 valence electrons. The van der Waals surface area contributed by atoms with E-state index in [1.54, 1.807) is 12.1 Å². The minimum Gasteiger partial charge on any atom is -0.319 e. The minimum atomic E-state index is -0.396. The molecule has 16 heavy (non-hydrogen) atoms. The molecule has 0 aliphatic carbocycles. The minimum absolute atomic E-state index is 0.266. The first-order chi connectivity index (χ1) is 7.67. The zero-order valence-electron chi connectivity index (χ0n) is 8.56. The van der Waals surface area contributed by atoms with Gasteiger partial charge in [0.05, 0.1) is 5.69 Å². The van der Waals surface area contributed by atoms with Gasteiger partial charge in [0.2, 0.25) is 11.8 Å². The van der Waals surface area contributed by atoms with Gasteiger partial charge in [-0.3, -0.25) is 9.59 Å². The van der Waals surface area contributed by atoms with Crippen LogP contribution in [0.1, 0.15) is 0 Å². The van der Waals surface area contributed by atoms with E-state index in [1.807, 2.05) is 0 Å². The molecule has 0 aromatic carbocycles. The Morgan fingerprint density at radius 2 is 1.81 bits per heavy atom. The first-order valence-electron chi connectivity index (χ1n) is 4.49. The summed E-state index contributed by atoms with van der Waals surface area (Å²) in [5.41, 5.74) is 0.405. The van der Waals surface area contributed by atoms with Crippen LogP contribution in [0.15, 0.2) is 43.6 Å². The summed E-state index contributed by atoms with van der Waals surface area (Å²) in [5.74, 6) is -0.502. The Kier molecular flexibility index (Phi) is 3.97. The first-order valence-corrected chi connectivity index (χ1v) is 4.49. The molecule has 0 bridgehead atoms. The van der Waals surface area contributed by atoms with Gasteiger partial charge in [-0.15, -0.1) is 0 Å². The van der Waals surface area contributed by atoms with Crippen molar-refractivity contribution in [3.63, 3.8) is 0 Å². The van der Waals surface area contributed by atoms with Crippen molar-refractivity contribution in [1.82, 2.24) is 4.98 Å². The van der Waals surface area contributed by atoms with Crippen LogP contribution in [-0.2, 0) is 9.59 Å². The highest BCUT2D eigenvalue weighted by atomic mass is 16.2. The summed E-state index contributed by atoms with van der Waals surface area (Å²) in [5, 5.41) is 4.99. The van der Waals surface area contributed by atoms with Crippen molar-refractivity contribution in [3.05, 3.63) is 43.6 Å². The van der Waals surface area contributed by atoms with Crippen LogP contribution >= 0.6 is 0 Å². The van der Waals surface area contributed by atoms with Gasteiger partial charge in [0, 0.05) is 6.20 Å². The summed E-state index contributed by atoms with van der Waals surface area (Å²) < 4.78 is 0. The van der Waals surface area contributed by atoms with Crippen LogP contribution in [0, 0.1) is 0 Å². The van der Waals surface area contributed by atoms with E-state index in [1.165, 1.54) is 6.20 Å². The number of carbonyl (C=O) groups excluding carboxylic acids is 2. The van der Waals surface area contributed by atoms with Crippen molar-refractivity contribution in [2.24, 2.45) is 0 Å². The fourth-order valence-electron chi connectivity index (χ4n) is 0.957. The highest BCUT2D eigenvalue weighted by Crippen LogP contribution is 2.17. The normalized spacial score (nSPS) is 9.00. The molecule has 0 aliphatic heterocycles. The second-order valence-electron chi connectivity index (χ2n) is 2.79. The molecule has 5 heteroatoms. The van der Waals surface area contributed by atoms with Crippen molar-refractivity contribution in [3.8, 4) is 0 Å². The van der Waals surface area contributed by atoms with Crippen LogP contribution in [0.2, 0.25) is 0 Å². The maximum absolute atomic E-state index is 11.1. The Labute approximate surface area is 92.9 Å². The number of nitrogens with zero attached hydrogens (tertiary/aromatic N) is 1. The van der Waals surface area contributed by atoms with Crippen LogP contribution < -0.4 is 10.6 Å². The molecule has 0 aliphatic rings. The lowest BCUT2D eigenvalue weighted by molar-refractivity contribution is -0.112. The summed E-state index contributed by atoms with van der Waals surface area (Å²) in [7, 11) is 0. The van der Waals surface area contributed by atoms with Crippen LogP contribution in [0.25, 0.3) is 0 Å². The molecule has 1 aromatic heterocycles. The highest BCUT2D eigenvalue weighted by Gasteiger charge is 2.06. The molecule has 0 saturated carbocycles. The van der Waals surface area contributed by atoms with Crippen molar-refractivity contribution in [2.45, 2.75) is 0 Å². The molecule has 0 unspecified atom stereocenters. The van der Waals surface area contributed by atoms with E-state index in [4.69, 9.17) is 0 Å². The van der Waals surface area contributed by atoms with Crippen LogP contribution in [0.4, 0.5) is 11.5 Å². The lowest BCUT2D eigenvalue weighted by Crippen LogP contribution is -2.14. The van der Waals surface area contributed by atoms with Crippen molar-refractivity contribution in [2.75, 3.05) is 10.6 Å². The molecular formula is C11H11N3O2. The van der Waals surface area contributed by atoms with Gasteiger partial charge in [-0.25, -0.2) is 4.98 Å². The zero-order valence-corrected chi connectivity index (χ0v) is 8.56. The fraction of sp³-hybridized carbons (Fsp3) is 0. The predicted molar refractivity (Wildman–Crippen MR) is 61.9 cm³/mol. The van der Waals surface area contributed by atoms with Crippen molar-refractivity contribution < 1.29 is 9.59 Å². The van der Waals surface area contributed by atoms with Crippen LogP contribution in [0.3, 0.4) is 0 Å². The maximum atomic E-state index is 11.1. The highest BCUT2D eigenvalue weighted by molar-refractivity contribution is 6.04. The van der Waals surface area contributed by atoms with Gasteiger partial charge in [-0.05, 0) is 24.3 Å². The lowest BCUT2D eigenvalue weighted by Gasteiger charge is -2.08. The molecule has 2 N–H and O–H groups in total. The smallest absolute Gasteiger partial charge is 0.248 e. The fourth-order valence-corrected chi connectivity index (χ4v) is 0.957. The Balaban J connectivity index is 2.91. The Morgan fingerprint density at radius 3 is 2.44 bits per heavy atom. The maximum Gasteiger partial charge on any atom is 0.248 e. The SMILES string of the molecule is C=CC(=O)Nc1cccnc1NC(=O)C=C. The number of rotatable bonds is 4. The Morgan fingerprint density at radius 1 is 1.19 bits per heavy atom. The molecule has 0 radical (unpaired) electrons. The summed E-state index contributed by atoms with van der Waals surface area (Å²) in [4.78, 5) is 26.1. The third-order valence-corrected chi connectivity index (χ3v) is 1.68. The number of aromatic nitrogens is 1. The van der Waals surface area contributed by atoms with E-state index in [0.717, 1.165) is 12.2 Å². The molecule has 1 aromatic rings. The van der Waals surface area contributed by atoms with Gasteiger partial charge in [-0.2, -0.15) is 0 Å². The van der Waals surface area contributed by atoms with Gasteiger partial charge in [0.25, 0.3) is 0 Å². The molecule has 0 atom stereocenters. The molecule has 0 spiro atoms. The second kappa shape index (κ2) is 5.45. The van der Waals surface area contributed by atoms with Crippen molar-refractivity contribution in [1.29, 1.82) is 0 Å². The topological polar surface area (TPSA) is 71.1 Å².